The molecule has 1 fully saturated rings. The number of aliphatic hydroxyl groups is 1. The zero-order chi connectivity index (χ0) is 14.4. The zero-order valence-electron chi connectivity index (χ0n) is 12.6. The molecule has 0 saturated carbocycles. The lowest BCUT2D eigenvalue weighted by Gasteiger charge is -2.37. The lowest BCUT2D eigenvalue weighted by Crippen LogP contribution is -2.44. The second kappa shape index (κ2) is 7.68. The lowest BCUT2D eigenvalue weighted by molar-refractivity contribution is -0.00139. The molecular formula is C15H28N2O2. The number of ether oxygens (including phenoxy) is 1. The molecule has 1 rings (SSSR count). The van der Waals surface area contributed by atoms with E-state index < -0.39 is 0 Å². The smallest absolute Gasteiger partial charge is 0.0553 e. The van der Waals surface area contributed by atoms with Gasteiger partial charge in [-0.25, -0.2) is 5.84 Å². The predicted molar refractivity (Wildman–Crippen MR) is 78.2 cm³/mol. The van der Waals surface area contributed by atoms with Gasteiger partial charge in [0.15, 0.2) is 0 Å². The Morgan fingerprint density at radius 1 is 1.42 bits per heavy atom. The Bertz CT molecular complexity index is 333. The van der Waals surface area contributed by atoms with Crippen LogP contribution in [-0.4, -0.2) is 36.0 Å². The maximum absolute atomic E-state index is 9.55. The molecule has 2 atom stereocenters. The Hall–Kier alpha value is -0.840. The van der Waals surface area contributed by atoms with E-state index in [9.17, 15) is 5.11 Å². The molecule has 0 radical (unpaired) electrons. The van der Waals surface area contributed by atoms with Crippen molar-refractivity contribution in [3.63, 3.8) is 0 Å². The van der Waals surface area contributed by atoms with E-state index in [4.69, 9.17) is 10.6 Å². The number of hydrazine groups is 1. The summed E-state index contributed by atoms with van der Waals surface area (Å²) < 4.78 is 5.58. The van der Waals surface area contributed by atoms with E-state index in [0.29, 0.717) is 6.61 Å². The van der Waals surface area contributed by atoms with Gasteiger partial charge in [0.2, 0.25) is 0 Å². The van der Waals surface area contributed by atoms with Crippen LogP contribution in [0.2, 0.25) is 0 Å². The van der Waals surface area contributed by atoms with Gasteiger partial charge in [-0.2, -0.15) is 0 Å². The topological polar surface area (TPSA) is 58.7 Å². The van der Waals surface area contributed by atoms with Crippen LogP contribution in [0.25, 0.3) is 0 Å². The van der Waals surface area contributed by atoms with E-state index >= 15 is 0 Å². The van der Waals surface area contributed by atoms with Gasteiger partial charge in [0, 0.05) is 30.9 Å². The Morgan fingerprint density at radius 2 is 2.11 bits per heavy atom. The molecule has 0 aliphatic carbocycles. The highest BCUT2D eigenvalue weighted by Gasteiger charge is 2.30. The van der Waals surface area contributed by atoms with Gasteiger partial charge in [-0.1, -0.05) is 11.6 Å². The van der Waals surface area contributed by atoms with Crippen LogP contribution >= 0.6 is 0 Å². The zero-order valence-corrected chi connectivity index (χ0v) is 12.6. The van der Waals surface area contributed by atoms with Crippen molar-refractivity contribution < 1.29 is 9.84 Å². The number of nitrogens with zero attached hydrogens (tertiary/aromatic N) is 1. The molecule has 1 saturated heterocycles. The molecule has 19 heavy (non-hydrogen) atoms. The third-order valence-corrected chi connectivity index (χ3v) is 3.56. The van der Waals surface area contributed by atoms with Crippen LogP contribution in [0.5, 0.6) is 0 Å². The number of rotatable bonds is 5. The molecule has 0 amide bonds. The SMILES string of the molecule is CC(C)=C/C=C(/[C@H]1COCC[C@H]1CO)N(N)C(C)C. The summed E-state index contributed by atoms with van der Waals surface area (Å²) in [7, 11) is 0. The van der Waals surface area contributed by atoms with Crippen LogP contribution in [0.15, 0.2) is 23.4 Å². The number of hydrogen-bond donors (Lipinski definition) is 2. The maximum Gasteiger partial charge on any atom is 0.0553 e. The first-order valence-electron chi connectivity index (χ1n) is 7.05. The summed E-state index contributed by atoms with van der Waals surface area (Å²) in [6, 6.07) is 0.220. The van der Waals surface area contributed by atoms with Crippen LogP contribution in [0.3, 0.4) is 0 Å². The van der Waals surface area contributed by atoms with Crippen LogP contribution in [0.1, 0.15) is 34.1 Å². The second-order valence-electron chi connectivity index (χ2n) is 5.75. The lowest BCUT2D eigenvalue weighted by atomic mass is 9.85. The fraction of sp³-hybridized carbons (Fsp3) is 0.733. The van der Waals surface area contributed by atoms with E-state index in [-0.39, 0.29) is 24.5 Å². The van der Waals surface area contributed by atoms with Crippen molar-refractivity contribution in [2.24, 2.45) is 17.7 Å². The van der Waals surface area contributed by atoms with Crippen molar-refractivity contribution in [2.45, 2.75) is 40.2 Å². The van der Waals surface area contributed by atoms with Gasteiger partial charge in [-0.15, -0.1) is 0 Å². The van der Waals surface area contributed by atoms with Gasteiger partial charge < -0.3 is 14.9 Å². The average Bonchev–Trinajstić information content (AvgIpc) is 2.38. The maximum atomic E-state index is 9.55. The van der Waals surface area contributed by atoms with E-state index in [1.807, 2.05) is 0 Å². The van der Waals surface area contributed by atoms with Crippen LogP contribution in [-0.2, 0) is 4.74 Å². The third kappa shape index (κ3) is 4.64. The van der Waals surface area contributed by atoms with E-state index in [1.54, 1.807) is 5.01 Å². The number of aliphatic hydroxyl groups excluding tert-OH is 1. The first kappa shape index (κ1) is 16.2. The molecule has 0 aromatic rings. The highest BCUT2D eigenvalue weighted by atomic mass is 16.5. The average molecular weight is 268 g/mol. The summed E-state index contributed by atoms with van der Waals surface area (Å²) in [6.07, 6.45) is 5.03. The van der Waals surface area contributed by atoms with Crippen molar-refractivity contribution >= 4 is 0 Å². The number of allylic oxidation sites excluding steroid dienone is 3. The molecule has 0 spiro atoms. The molecule has 0 bridgehead atoms. The standard InChI is InChI=1S/C15H28N2O2/c1-11(2)5-6-15(17(16)12(3)4)14-10-19-8-7-13(14)9-18/h5-6,12-14,18H,7-10,16H2,1-4H3/b15-6-/t13-,14-/m0/s1. The molecule has 3 N–H and O–H groups in total. The Morgan fingerprint density at radius 3 is 2.63 bits per heavy atom. The Labute approximate surface area is 116 Å². The first-order chi connectivity index (χ1) is 8.97. The molecule has 4 nitrogen and oxygen atoms in total. The summed E-state index contributed by atoms with van der Waals surface area (Å²) in [4.78, 5) is 0. The summed E-state index contributed by atoms with van der Waals surface area (Å²) in [5, 5.41) is 11.3. The first-order valence-corrected chi connectivity index (χ1v) is 7.05. The third-order valence-electron chi connectivity index (χ3n) is 3.56. The molecule has 0 aromatic heterocycles. The van der Waals surface area contributed by atoms with Gasteiger partial charge in [0.1, 0.15) is 0 Å². The van der Waals surface area contributed by atoms with Crippen molar-refractivity contribution in [1.82, 2.24) is 5.01 Å². The van der Waals surface area contributed by atoms with Crippen molar-refractivity contribution in [1.29, 1.82) is 0 Å². The molecule has 0 aromatic carbocycles. The fourth-order valence-electron chi connectivity index (χ4n) is 2.28. The normalized spacial score (nSPS) is 24.5. The van der Waals surface area contributed by atoms with Gasteiger partial charge in [0.05, 0.1) is 6.61 Å². The largest absolute Gasteiger partial charge is 0.396 e. The van der Waals surface area contributed by atoms with Crippen LogP contribution in [0.4, 0.5) is 0 Å². The predicted octanol–water partition coefficient (Wildman–Crippen LogP) is 2.07. The molecular weight excluding hydrogens is 240 g/mol. The van der Waals surface area contributed by atoms with Crippen molar-refractivity contribution in [3.05, 3.63) is 23.4 Å². The van der Waals surface area contributed by atoms with Crippen LogP contribution < -0.4 is 5.84 Å². The van der Waals surface area contributed by atoms with Gasteiger partial charge in [-0.3, -0.25) is 0 Å². The number of nitrogens with two attached hydrogens (primary N) is 1. The Kier molecular flexibility index (Phi) is 6.55. The summed E-state index contributed by atoms with van der Waals surface area (Å²) in [5.74, 6) is 6.59. The summed E-state index contributed by atoms with van der Waals surface area (Å²) in [6.45, 7) is 9.79. The highest BCUT2D eigenvalue weighted by Crippen LogP contribution is 2.30. The van der Waals surface area contributed by atoms with Gasteiger partial charge >= 0.3 is 0 Å². The monoisotopic (exact) mass is 268 g/mol. The quantitative estimate of drug-likeness (QED) is 0.455. The van der Waals surface area contributed by atoms with Crippen LogP contribution in [0, 0.1) is 11.8 Å². The summed E-state index contributed by atoms with van der Waals surface area (Å²) in [5.41, 5.74) is 2.28. The van der Waals surface area contributed by atoms with Crippen molar-refractivity contribution in [2.75, 3.05) is 19.8 Å². The Balaban J connectivity index is 3.00. The van der Waals surface area contributed by atoms with Crippen molar-refractivity contribution in [3.8, 4) is 0 Å². The van der Waals surface area contributed by atoms with Gasteiger partial charge in [-0.05, 0) is 46.1 Å². The minimum absolute atomic E-state index is 0.168. The van der Waals surface area contributed by atoms with E-state index in [2.05, 4.69) is 39.8 Å². The molecule has 1 heterocycles. The number of hydrogen-bond acceptors (Lipinski definition) is 4. The van der Waals surface area contributed by atoms with E-state index in [0.717, 1.165) is 18.7 Å². The highest BCUT2D eigenvalue weighted by molar-refractivity contribution is 5.18. The molecule has 110 valence electrons. The second-order valence-corrected chi connectivity index (χ2v) is 5.75. The molecule has 0 unspecified atom stereocenters. The molecule has 4 heteroatoms. The fourth-order valence-corrected chi connectivity index (χ4v) is 2.28. The minimum atomic E-state index is 0.168. The molecule has 1 aliphatic rings. The molecule has 1 aliphatic heterocycles. The van der Waals surface area contributed by atoms with E-state index in [1.165, 1.54) is 5.57 Å². The van der Waals surface area contributed by atoms with Gasteiger partial charge in [0.25, 0.3) is 0 Å². The summed E-state index contributed by atoms with van der Waals surface area (Å²) >= 11 is 0. The minimum Gasteiger partial charge on any atom is -0.396 e.